The van der Waals surface area contributed by atoms with Crippen LogP contribution in [0.15, 0.2) is 54.7 Å². The first kappa shape index (κ1) is 15.6. The molecule has 0 aliphatic rings. The number of amides is 1. The second-order valence-corrected chi connectivity index (χ2v) is 6.42. The lowest BCUT2D eigenvalue weighted by Gasteiger charge is -2.02. The van der Waals surface area contributed by atoms with Gasteiger partial charge in [0.2, 0.25) is 0 Å². The van der Waals surface area contributed by atoms with Gasteiger partial charge in [-0.15, -0.1) is 11.3 Å². The summed E-state index contributed by atoms with van der Waals surface area (Å²) in [6, 6.07) is 13.4. The summed E-state index contributed by atoms with van der Waals surface area (Å²) in [6.07, 6.45) is 2.37. The predicted molar refractivity (Wildman–Crippen MR) is 90.7 cm³/mol. The number of nitrogens with zero attached hydrogens (tertiary/aromatic N) is 1. The fourth-order valence-corrected chi connectivity index (χ4v) is 3.16. The number of aromatic nitrogens is 1. The Balaban J connectivity index is 1.70. The Bertz CT molecular complexity index is 850. The molecule has 0 bridgehead atoms. The molecule has 23 heavy (non-hydrogen) atoms. The highest BCUT2D eigenvalue weighted by atomic mass is 35.5. The number of anilines is 1. The quantitative estimate of drug-likeness (QED) is 0.738. The van der Waals surface area contributed by atoms with Crippen LogP contribution >= 0.6 is 22.9 Å². The van der Waals surface area contributed by atoms with E-state index in [9.17, 15) is 9.18 Å². The third-order valence-corrected chi connectivity index (χ3v) is 4.31. The Labute approximate surface area is 141 Å². The zero-order valence-electron chi connectivity index (χ0n) is 11.9. The molecule has 0 fully saturated rings. The van der Waals surface area contributed by atoms with Crippen LogP contribution in [0.3, 0.4) is 0 Å². The highest BCUT2D eigenvalue weighted by Gasteiger charge is 2.13. The van der Waals surface area contributed by atoms with E-state index in [1.807, 2.05) is 24.3 Å². The molecule has 0 aliphatic heterocycles. The SMILES string of the molecule is O=C(Nc1ncc(Cc2cccc(Cl)c2)s1)c1ccccc1F. The van der Waals surface area contributed by atoms with Crippen LogP contribution < -0.4 is 5.32 Å². The van der Waals surface area contributed by atoms with Crippen molar-refractivity contribution >= 4 is 34.0 Å². The van der Waals surface area contributed by atoms with E-state index in [-0.39, 0.29) is 5.56 Å². The zero-order valence-corrected chi connectivity index (χ0v) is 13.5. The van der Waals surface area contributed by atoms with E-state index in [0.29, 0.717) is 16.6 Å². The van der Waals surface area contributed by atoms with Gasteiger partial charge in [0.1, 0.15) is 5.82 Å². The van der Waals surface area contributed by atoms with E-state index in [2.05, 4.69) is 10.3 Å². The molecule has 1 aromatic heterocycles. The van der Waals surface area contributed by atoms with Gasteiger partial charge in [-0.2, -0.15) is 0 Å². The smallest absolute Gasteiger partial charge is 0.260 e. The van der Waals surface area contributed by atoms with E-state index in [0.717, 1.165) is 10.4 Å². The van der Waals surface area contributed by atoms with Crippen molar-refractivity contribution in [1.82, 2.24) is 4.98 Å². The molecule has 116 valence electrons. The minimum Gasteiger partial charge on any atom is -0.298 e. The van der Waals surface area contributed by atoms with Crippen LogP contribution in [0.2, 0.25) is 5.02 Å². The van der Waals surface area contributed by atoms with Gasteiger partial charge < -0.3 is 0 Å². The van der Waals surface area contributed by atoms with Crippen LogP contribution in [-0.4, -0.2) is 10.9 Å². The summed E-state index contributed by atoms with van der Waals surface area (Å²) in [6.45, 7) is 0. The van der Waals surface area contributed by atoms with E-state index >= 15 is 0 Å². The molecule has 1 amide bonds. The van der Waals surface area contributed by atoms with Crippen molar-refractivity contribution in [2.45, 2.75) is 6.42 Å². The normalized spacial score (nSPS) is 10.5. The maximum absolute atomic E-state index is 13.6. The summed E-state index contributed by atoms with van der Waals surface area (Å²) in [5.74, 6) is -1.06. The lowest BCUT2D eigenvalue weighted by atomic mass is 10.1. The molecule has 0 aliphatic carbocycles. The number of benzene rings is 2. The first-order chi connectivity index (χ1) is 11.1. The standard InChI is InChI=1S/C17H12ClFN2OS/c18-12-5-3-4-11(8-12)9-13-10-20-17(23-13)21-16(22)14-6-1-2-7-15(14)19/h1-8,10H,9H2,(H,20,21,22). The van der Waals surface area contributed by atoms with E-state index in [1.54, 1.807) is 18.3 Å². The largest absolute Gasteiger partial charge is 0.298 e. The van der Waals surface area contributed by atoms with Gasteiger partial charge in [0, 0.05) is 22.5 Å². The lowest BCUT2D eigenvalue weighted by Crippen LogP contribution is -2.13. The number of hydrogen-bond acceptors (Lipinski definition) is 3. The van der Waals surface area contributed by atoms with Gasteiger partial charge in [-0.1, -0.05) is 35.9 Å². The number of carbonyl (C=O) groups excluding carboxylic acids is 1. The van der Waals surface area contributed by atoms with Gasteiger partial charge in [0.05, 0.1) is 5.56 Å². The van der Waals surface area contributed by atoms with Gasteiger partial charge in [-0.25, -0.2) is 9.37 Å². The molecular weight excluding hydrogens is 335 g/mol. The van der Waals surface area contributed by atoms with Crippen molar-refractivity contribution in [2.75, 3.05) is 5.32 Å². The van der Waals surface area contributed by atoms with Gasteiger partial charge in [0.15, 0.2) is 5.13 Å². The number of halogens is 2. The number of nitrogens with one attached hydrogen (secondary N) is 1. The minimum absolute atomic E-state index is 0.000841. The molecule has 3 rings (SSSR count). The summed E-state index contributed by atoms with van der Waals surface area (Å²) >= 11 is 7.32. The number of rotatable bonds is 4. The highest BCUT2D eigenvalue weighted by Crippen LogP contribution is 2.23. The van der Waals surface area contributed by atoms with Crippen LogP contribution in [0, 0.1) is 5.82 Å². The van der Waals surface area contributed by atoms with E-state index < -0.39 is 11.7 Å². The molecule has 1 N–H and O–H groups in total. The van der Waals surface area contributed by atoms with Crippen molar-refractivity contribution in [1.29, 1.82) is 0 Å². The summed E-state index contributed by atoms with van der Waals surface area (Å²) in [4.78, 5) is 17.2. The fourth-order valence-electron chi connectivity index (χ4n) is 2.10. The first-order valence-electron chi connectivity index (χ1n) is 6.87. The van der Waals surface area contributed by atoms with E-state index in [4.69, 9.17) is 11.6 Å². The molecule has 3 aromatic rings. The third kappa shape index (κ3) is 3.94. The van der Waals surface area contributed by atoms with Crippen molar-refractivity contribution in [2.24, 2.45) is 0 Å². The predicted octanol–water partition coefficient (Wildman–Crippen LogP) is 4.78. The third-order valence-electron chi connectivity index (χ3n) is 3.16. The molecule has 0 saturated carbocycles. The Hall–Kier alpha value is -2.24. The maximum Gasteiger partial charge on any atom is 0.260 e. The molecular formula is C17H12ClFN2OS. The number of carbonyl (C=O) groups is 1. The number of thiazole rings is 1. The molecule has 0 saturated heterocycles. The summed E-state index contributed by atoms with van der Waals surface area (Å²) in [5.41, 5.74) is 1.06. The average Bonchev–Trinajstić information content (AvgIpc) is 2.94. The average molecular weight is 347 g/mol. The van der Waals surface area contributed by atoms with Gasteiger partial charge in [-0.05, 0) is 29.8 Å². The second kappa shape index (κ2) is 6.89. The molecule has 3 nitrogen and oxygen atoms in total. The molecule has 2 aromatic carbocycles. The van der Waals surface area contributed by atoms with Crippen molar-refractivity contribution in [3.63, 3.8) is 0 Å². The van der Waals surface area contributed by atoms with E-state index in [1.165, 1.54) is 23.5 Å². The summed E-state index contributed by atoms with van der Waals surface area (Å²) in [7, 11) is 0. The molecule has 1 heterocycles. The van der Waals surface area contributed by atoms with Crippen LogP contribution in [0.1, 0.15) is 20.8 Å². The van der Waals surface area contributed by atoms with Crippen LogP contribution in [-0.2, 0) is 6.42 Å². The molecule has 0 unspecified atom stereocenters. The lowest BCUT2D eigenvalue weighted by molar-refractivity contribution is 0.102. The van der Waals surface area contributed by atoms with Crippen LogP contribution in [0.4, 0.5) is 9.52 Å². The molecule has 6 heteroatoms. The van der Waals surface area contributed by atoms with Crippen LogP contribution in [0.25, 0.3) is 0 Å². The zero-order chi connectivity index (χ0) is 16.2. The van der Waals surface area contributed by atoms with Gasteiger partial charge in [0.25, 0.3) is 5.91 Å². The monoisotopic (exact) mass is 346 g/mol. The topological polar surface area (TPSA) is 42.0 Å². The summed E-state index contributed by atoms with van der Waals surface area (Å²) < 4.78 is 13.6. The Morgan fingerprint density at radius 2 is 2.04 bits per heavy atom. The van der Waals surface area contributed by atoms with Crippen molar-refractivity contribution in [3.05, 3.63) is 81.6 Å². The first-order valence-corrected chi connectivity index (χ1v) is 8.06. The van der Waals surface area contributed by atoms with Gasteiger partial charge >= 0.3 is 0 Å². The van der Waals surface area contributed by atoms with Gasteiger partial charge in [-0.3, -0.25) is 10.1 Å². The Morgan fingerprint density at radius 3 is 2.83 bits per heavy atom. The Kier molecular flexibility index (Phi) is 4.69. The second-order valence-electron chi connectivity index (χ2n) is 4.87. The maximum atomic E-state index is 13.6. The minimum atomic E-state index is -0.555. The number of hydrogen-bond donors (Lipinski definition) is 1. The Morgan fingerprint density at radius 1 is 1.22 bits per heavy atom. The molecule has 0 atom stereocenters. The highest BCUT2D eigenvalue weighted by molar-refractivity contribution is 7.15. The molecule has 0 spiro atoms. The van der Waals surface area contributed by atoms with Crippen LogP contribution in [0.5, 0.6) is 0 Å². The fraction of sp³-hybridized carbons (Fsp3) is 0.0588. The summed E-state index contributed by atoms with van der Waals surface area (Å²) in [5, 5.41) is 3.74. The van der Waals surface area contributed by atoms with Crippen molar-refractivity contribution < 1.29 is 9.18 Å². The van der Waals surface area contributed by atoms with Crippen molar-refractivity contribution in [3.8, 4) is 0 Å². The molecule has 0 radical (unpaired) electrons.